The van der Waals surface area contributed by atoms with Crippen molar-refractivity contribution in [2.24, 2.45) is 0 Å². The highest BCUT2D eigenvalue weighted by Gasteiger charge is 2.36. The number of rotatable bonds is 42. The van der Waals surface area contributed by atoms with Crippen LogP contribution in [0.3, 0.4) is 0 Å². The Kier molecular flexibility index (Phi) is 37.5. The molecule has 0 unspecified atom stereocenters. The number of anilines is 4. The Bertz CT molecular complexity index is 4700. The molecular weight excluding hydrogens is 1600 g/mol. The molecule has 0 saturated carbocycles. The topological polar surface area (TPSA) is 132 Å². The fourth-order valence-corrected chi connectivity index (χ4v) is 19.3. The van der Waals surface area contributed by atoms with Crippen LogP contribution in [0, 0.1) is 0 Å². The van der Waals surface area contributed by atoms with E-state index in [0.29, 0.717) is 62.9 Å². The molecule has 0 bridgehead atoms. The number of ketones is 4. The van der Waals surface area contributed by atoms with Crippen LogP contribution in [-0.2, 0) is 35.8 Å². The molecule has 5 heterocycles. The minimum absolute atomic E-state index is 0. The third-order valence-electron chi connectivity index (χ3n) is 23.2. The zero-order valence-corrected chi connectivity index (χ0v) is 75.0. The summed E-state index contributed by atoms with van der Waals surface area (Å²) in [5.41, 5.74) is 12.4. The van der Waals surface area contributed by atoms with Crippen molar-refractivity contribution in [1.82, 2.24) is 29.5 Å². The highest BCUT2D eigenvalue weighted by Crippen LogP contribution is 2.51. The number of benzene rings is 9. The number of hydrogen-bond donors (Lipinski definition) is 1. The van der Waals surface area contributed by atoms with Crippen LogP contribution in [0.2, 0.25) is 10.0 Å². The van der Waals surface area contributed by atoms with Crippen LogP contribution in [-0.4, -0.2) is 191 Å². The monoisotopic (exact) mass is 1720 g/mol. The highest BCUT2D eigenvalue weighted by molar-refractivity contribution is 8.00. The number of halogens is 3. The summed E-state index contributed by atoms with van der Waals surface area (Å²) in [6, 6.07) is 74.8. The lowest BCUT2D eigenvalue weighted by atomic mass is 9.66. The summed E-state index contributed by atoms with van der Waals surface area (Å²) in [7, 11) is 0. The van der Waals surface area contributed by atoms with E-state index in [1.54, 1.807) is 20.8 Å². The summed E-state index contributed by atoms with van der Waals surface area (Å²) in [5, 5.41) is 7.07. The molecule has 2 fully saturated rings. The third-order valence-corrected chi connectivity index (χ3v) is 25.9. The van der Waals surface area contributed by atoms with Crippen molar-refractivity contribution < 1.29 is 33.4 Å². The van der Waals surface area contributed by atoms with E-state index >= 15 is 0 Å². The van der Waals surface area contributed by atoms with Gasteiger partial charge < -0.3 is 58.3 Å². The normalized spacial score (nSPS) is 14.3. The van der Waals surface area contributed by atoms with E-state index in [2.05, 4.69) is 217 Å². The molecule has 1 N–H and O–H groups in total. The van der Waals surface area contributed by atoms with Crippen molar-refractivity contribution in [3.05, 3.63) is 250 Å². The average molecular weight is 1720 g/mol. The van der Waals surface area contributed by atoms with Gasteiger partial charge in [0.1, 0.15) is 11.6 Å². The van der Waals surface area contributed by atoms with Crippen LogP contribution in [0.25, 0.3) is 21.8 Å². The van der Waals surface area contributed by atoms with E-state index in [-0.39, 0.29) is 41.0 Å². The lowest BCUT2D eigenvalue weighted by molar-refractivity contribution is -0.123. The maximum absolute atomic E-state index is 11.9. The second-order valence-electron chi connectivity index (χ2n) is 32.1. The number of Topliss-reactive ketones (excluding diaryl/α,β-unsaturated/α-hetero) is 4. The molecule has 120 heavy (non-hydrogen) atoms. The molecule has 638 valence electrons. The molecule has 14 rings (SSSR count). The van der Waals surface area contributed by atoms with Crippen LogP contribution < -0.4 is 15.1 Å². The maximum Gasteiger partial charge on any atom is 0.159 e. The number of nitrogens with zero attached hydrogens (tertiary/aromatic N) is 7. The number of hydrogen-bond acceptors (Lipinski definition) is 16. The van der Waals surface area contributed by atoms with Gasteiger partial charge in [-0.2, -0.15) is 0 Å². The van der Waals surface area contributed by atoms with Gasteiger partial charge in [-0.05, 0) is 212 Å². The molecule has 0 aliphatic carbocycles. The van der Waals surface area contributed by atoms with Gasteiger partial charge in [-0.15, -0.1) is 12.4 Å². The summed E-state index contributed by atoms with van der Waals surface area (Å²) in [4.78, 5) is 66.8. The Morgan fingerprint density at radius 1 is 0.392 bits per heavy atom. The zero-order valence-electron chi connectivity index (χ0n) is 71.0. The summed E-state index contributed by atoms with van der Waals surface area (Å²) >= 11 is 16.4. The smallest absolute Gasteiger partial charge is 0.159 e. The summed E-state index contributed by atoms with van der Waals surface area (Å²) in [6.45, 7) is 30.0. The number of ether oxygens (including phenoxy) is 3. The quantitative estimate of drug-likeness (QED) is 0.0221. The Labute approximate surface area is 737 Å². The first-order valence-electron chi connectivity index (χ1n) is 43.4. The molecule has 10 aromatic rings. The van der Waals surface area contributed by atoms with E-state index in [4.69, 9.17) is 37.4 Å². The fraction of sp³-hybridized carbons (Fsp3) is 0.420. The molecule has 0 amide bonds. The molecule has 15 nitrogen and oxygen atoms in total. The first-order chi connectivity index (χ1) is 58.1. The van der Waals surface area contributed by atoms with Crippen LogP contribution in [0.5, 0.6) is 0 Å². The molecule has 9 aromatic carbocycles. The van der Waals surface area contributed by atoms with E-state index in [0.717, 1.165) is 175 Å². The molecule has 4 aliphatic rings. The lowest BCUT2D eigenvalue weighted by Crippen LogP contribution is -2.47. The number of carbonyl (C=O) groups is 4. The Morgan fingerprint density at radius 2 is 0.783 bits per heavy atom. The number of carbonyl (C=O) groups excluding carboxylic acids is 4. The average Bonchev–Trinajstić information content (AvgIpc) is 1.78. The van der Waals surface area contributed by atoms with Gasteiger partial charge in [0.05, 0.1) is 49.2 Å². The van der Waals surface area contributed by atoms with Gasteiger partial charge in [0, 0.05) is 185 Å². The minimum Gasteiger partial charge on any atom is -0.379 e. The Morgan fingerprint density at radius 3 is 1.22 bits per heavy atom. The molecule has 0 spiro atoms. The third kappa shape index (κ3) is 26.7. The number of nitrogens with one attached hydrogen (secondary N) is 1. The van der Waals surface area contributed by atoms with Crippen molar-refractivity contribution in [1.29, 1.82) is 0 Å². The Balaban J connectivity index is 0.000000197. The second-order valence-corrected chi connectivity index (χ2v) is 35.2. The predicted molar refractivity (Wildman–Crippen MR) is 501 cm³/mol. The summed E-state index contributed by atoms with van der Waals surface area (Å²) in [5.74, 6) is 0.411. The highest BCUT2D eigenvalue weighted by atomic mass is 35.5. The van der Waals surface area contributed by atoms with Gasteiger partial charge in [-0.1, -0.05) is 189 Å². The van der Waals surface area contributed by atoms with Crippen LogP contribution in [0.15, 0.2) is 232 Å². The standard InChI is InChI=1S/C52H64ClN3O3S.C27H34ClN3O2S.C21H24N2O2.ClH/c53-47-27-28-51-49(43-47)56(48-25-12-13-26-50(48)60-51)32-18-31-55-35-33-54(34-36-55)30-15-1-2-16-37-57-39-41-59-42-40-58-38-17-14-29-52(44-19-6-3-7-20-44,45-21-8-4-9-22-45)46-23-10-5-11-24-46;1-21(32)9-11-23(33)6-4-13-29-16-18-30(19-17-29)14-5-15-31-24-7-2-3-8-26(24)34-27-12-10-22(28)20-25(27)31;1-13(2)22-9-10-23-20-7-5-16(14(3)24)11-18(20)19-12-17(15(4)25)6-8-21(19)23;/h3-13,19-28,43H,1-2,14-18,29-42H2;2-3,7-8,10,12,20H,4-6,9,11,13-19H2,1H3;5-8,11-13,22H,9-10H2,1-4H3;1H. The molecular formula is C100H123Cl3N8O7S2. The molecule has 1 aromatic heterocycles. The van der Waals surface area contributed by atoms with E-state index in [1.165, 1.54) is 97.9 Å². The SMILES string of the molecule is CC(=O)CCC(=O)CCCN1CCN(CCCN2c3ccccc3Sc3ccc(Cl)cc32)CC1.CC(=O)c1ccc2c(c1)c1cc(C(C)=O)ccc1n2CCNC(C)C.Cl.Clc1ccc2c(c1)N(CCCN1CCN(CCCCCCOCCOCCOCCCCC(c3ccccc3)(c3ccccc3)c3ccccc3)CC1)c1ccccc1S2. The number of para-hydroxylation sites is 2. The van der Waals surface area contributed by atoms with Gasteiger partial charge in [0.15, 0.2) is 11.6 Å². The van der Waals surface area contributed by atoms with Gasteiger partial charge in [0.25, 0.3) is 0 Å². The number of aromatic nitrogens is 1. The van der Waals surface area contributed by atoms with Crippen molar-refractivity contribution in [3.8, 4) is 0 Å². The maximum atomic E-state index is 11.9. The largest absolute Gasteiger partial charge is 0.379 e. The van der Waals surface area contributed by atoms with Crippen molar-refractivity contribution in [2.45, 2.75) is 156 Å². The predicted octanol–water partition coefficient (Wildman–Crippen LogP) is 22.1. The number of piperazine rings is 2. The van der Waals surface area contributed by atoms with Crippen molar-refractivity contribution >= 4 is 127 Å². The number of fused-ring (bicyclic) bond motifs is 7. The molecule has 2 saturated heterocycles. The number of unbranched alkanes of at least 4 members (excludes halogenated alkanes) is 4. The summed E-state index contributed by atoms with van der Waals surface area (Å²) < 4.78 is 19.9. The van der Waals surface area contributed by atoms with Crippen LogP contribution in [0.4, 0.5) is 22.7 Å². The Hall–Kier alpha value is -7.69. The summed E-state index contributed by atoms with van der Waals surface area (Å²) in [6.07, 6.45) is 12.5. The fourth-order valence-electron chi connectivity index (χ4n) is 16.8. The first kappa shape index (κ1) is 93.0. The van der Waals surface area contributed by atoms with Crippen LogP contribution >= 0.6 is 59.1 Å². The van der Waals surface area contributed by atoms with Gasteiger partial charge in [-0.25, -0.2) is 0 Å². The molecule has 0 atom stereocenters. The van der Waals surface area contributed by atoms with E-state index < -0.39 is 0 Å². The van der Waals surface area contributed by atoms with Crippen molar-refractivity contribution in [3.63, 3.8) is 0 Å². The lowest BCUT2D eigenvalue weighted by Gasteiger charge is -2.36. The molecule has 0 radical (unpaired) electrons. The first-order valence-corrected chi connectivity index (χ1v) is 45.8. The minimum atomic E-state index is -0.197. The zero-order chi connectivity index (χ0) is 83.1. The van der Waals surface area contributed by atoms with Crippen molar-refractivity contribution in [2.75, 3.05) is 148 Å². The molecule has 20 heteroatoms. The van der Waals surface area contributed by atoms with Gasteiger partial charge in [0.2, 0.25) is 0 Å². The second kappa shape index (κ2) is 48.4. The van der Waals surface area contributed by atoms with Gasteiger partial charge in [-0.3, -0.25) is 14.4 Å². The van der Waals surface area contributed by atoms with Crippen LogP contribution in [0.1, 0.15) is 155 Å². The van der Waals surface area contributed by atoms with E-state index in [9.17, 15) is 19.2 Å². The molecule has 4 aliphatic heterocycles. The van der Waals surface area contributed by atoms with Gasteiger partial charge >= 0.3 is 0 Å². The van der Waals surface area contributed by atoms with E-state index in [1.807, 2.05) is 72.1 Å².